The number of aliphatic carboxylic acids is 1. The molecule has 2 rings (SSSR count). The first-order chi connectivity index (χ1) is 10.9. The fourth-order valence-electron chi connectivity index (χ4n) is 1.96. The lowest BCUT2D eigenvalue weighted by Gasteiger charge is -2.24. The number of hydrogen-bond acceptors (Lipinski definition) is 4. The summed E-state index contributed by atoms with van der Waals surface area (Å²) in [5.41, 5.74) is -0.755. The van der Waals surface area contributed by atoms with Gasteiger partial charge in [0.25, 0.3) is 5.91 Å². The number of nitrogens with zero attached hydrogens (tertiary/aromatic N) is 2. The van der Waals surface area contributed by atoms with Crippen LogP contribution in [0.2, 0.25) is 5.02 Å². The lowest BCUT2D eigenvalue weighted by atomic mass is 10.0. The third-order valence-electron chi connectivity index (χ3n) is 3.19. The second-order valence-electron chi connectivity index (χ2n) is 5.15. The van der Waals surface area contributed by atoms with E-state index in [-0.39, 0.29) is 12.3 Å². The van der Waals surface area contributed by atoms with Crippen molar-refractivity contribution in [1.82, 2.24) is 15.1 Å². The van der Waals surface area contributed by atoms with Gasteiger partial charge in [-0.3, -0.25) is 4.79 Å². The summed E-state index contributed by atoms with van der Waals surface area (Å²) in [4.78, 5) is 23.5. The van der Waals surface area contributed by atoms with E-state index < -0.39 is 17.4 Å². The molecule has 1 atom stereocenters. The van der Waals surface area contributed by atoms with Crippen molar-refractivity contribution >= 4 is 23.5 Å². The highest BCUT2D eigenvalue weighted by Gasteiger charge is 2.35. The number of benzene rings is 1. The number of carboxylic acids is 1. The smallest absolute Gasteiger partial charge is 0.331 e. The van der Waals surface area contributed by atoms with E-state index in [1.54, 1.807) is 30.5 Å². The molecule has 1 aromatic carbocycles. The van der Waals surface area contributed by atoms with Gasteiger partial charge in [-0.05, 0) is 31.2 Å². The van der Waals surface area contributed by atoms with Gasteiger partial charge in [0.15, 0.2) is 11.2 Å². The Labute approximate surface area is 137 Å². The molecule has 0 spiro atoms. The van der Waals surface area contributed by atoms with E-state index in [4.69, 9.17) is 16.3 Å². The molecule has 0 aliphatic carbocycles. The highest BCUT2D eigenvalue weighted by Crippen LogP contribution is 2.15. The Morgan fingerprint density at radius 3 is 2.78 bits per heavy atom. The number of amides is 1. The normalized spacial score (nSPS) is 13.3. The Hall–Kier alpha value is -2.38. The summed E-state index contributed by atoms with van der Waals surface area (Å²) in [7, 11) is 1.36. The number of hydrogen-bond donors (Lipinski definition) is 2. The maximum absolute atomic E-state index is 12.2. The molecule has 0 fully saturated rings. The number of nitrogens with one attached hydrogen (secondary N) is 1. The zero-order valence-corrected chi connectivity index (χ0v) is 13.4. The van der Waals surface area contributed by atoms with Crippen molar-refractivity contribution < 1.29 is 19.4 Å². The molecule has 1 amide bonds. The van der Waals surface area contributed by atoms with E-state index in [1.807, 2.05) is 0 Å². The molecule has 0 aliphatic heterocycles. The molecule has 0 aliphatic rings. The first-order valence-electron chi connectivity index (χ1n) is 6.72. The fraction of sp³-hybridized carbons (Fsp3) is 0.267. The van der Waals surface area contributed by atoms with Gasteiger partial charge in [-0.1, -0.05) is 17.7 Å². The molecular weight excluding hydrogens is 322 g/mol. The summed E-state index contributed by atoms with van der Waals surface area (Å²) in [5, 5.41) is 16.3. The molecule has 0 bridgehead atoms. The number of methoxy groups -OCH3 is 1. The molecule has 0 saturated carbocycles. The Morgan fingerprint density at radius 2 is 2.17 bits per heavy atom. The van der Waals surface area contributed by atoms with Crippen LogP contribution in [0.3, 0.4) is 0 Å². The number of carbonyl (C=O) groups excluding carboxylic acids is 1. The summed E-state index contributed by atoms with van der Waals surface area (Å²) >= 11 is 5.92. The Kier molecular flexibility index (Phi) is 5.02. The predicted octanol–water partition coefficient (Wildman–Crippen LogP) is 1.75. The van der Waals surface area contributed by atoms with Crippen molar-refractivity contribution in [3.63, 3.8) is 0 Å². The molecule has 2 aromatic rings. The summed E-state index contributed by atoms with van der Waals surface area (Å²) in [6, 6.07) is 8.46. The van der Waals surface area contributed by atoms with Gasteiger partial charge in [0.2, 0.25) is 0 Å². The second kappa shape index (κ2) is 6.80. The van der Waals surface area contributed by atoms with Gasteiger partial charge in [-0.2, -0.15) is 5.10 Å². The van der Waals surface area contributed by atoms with E-state index in [0.29, 0.717) is 10.7 Å². The molecule has 1 aromatic heterocycles. The van der Waals surface area contributed by atoms with Crippen LogP contribution in [-0.4, -0.2) is 46.0 Å². The van der Waals surface area contributed by atoms with E-state index in [2.05, 4.69) is 10.4 Å². The maximum atomic E-state index is 12.2. The SMILES string of the molecule is COCC(C)(NC(=O)c1ccn(-c2cccc(Cl)c2)n1)C(=O)O. The third-order valence-corrected chi connectivity index (χ3v) is 3.42. The number of carbonyl (C=O) groups is 2. The molecule has 7 nitrogen and oxygen atoms in total. The van der Waals surface area contributed by atoms with Gasteiger partial charge in [0.1, 0.15) is 0 Å². The van der Waals surface area contributed by atoms with Gasteiger partial charge < -0.3 is 15.2 Å². The number of halogens is 1. The summed E-state index contributed by atoms with van der Waals surface area (Å²) < 4.78 is 6.34. The third kappa shape index (κ3) is 3.88. The highest BCUT2D eigenvalue weighted by atomic mass is 35.5. The van der Waals surface area contributed by atoms with E-state index in [0.717, 1.165) is 0 Å². The monoisotopic (exact) mass is 337 g/mol. The van der Waals surface area contributed by atoms with Crippen molar-refractivity contribution in [2.75, 3.05) is 13.7 Å². The van der Waals surface area contributed by atoms with E-state index in [1.165, 1.54) is 24.8 Å². The fourth-order valence-corrected chi connectivity index (χ4v) is 2.15. The van der Waals surface area contributed by atoms with Gasteiger partial charge in [-0.25, -0.2) is 9.48 Å². The van der Waals surface area contributed by atoms with Crippen molar-refractivity contribution in [3.8, 4) is 5.69 Å². The minimum absolute atomic E-state index is 0.0913. The first kappa shape index (κ1) is 17.0. The summed E-state index contributed by atoms with van der Waals surface area (Å²) in [6.07, 6.45) is 1.59. The molecule has 8 heteroatoms. The molecule has 2 N–H and O–H groups in total. The number of ether oxygens (including phenoxy) is 1. The van der Waals surface area contributed by atoms with Crippen LogP contribution < -0.4 is 5.32 Å². The number of carboxylic acid groups (broad SMARTS) is 1. The summed E-state index contributed by atoms with van der Waals surface area (Å²) in [6.45, 7) is 1.20. The van der Waals surface area contributed by atoms with Crippen LogP contribution in [0.15, 0.2) is 36.5 Å². The van der Waals surface area contributed by atoms with Gasteiger partial charge in [0, 0.05) is 18.3 Å². The second-order valence-corrected chi connectivity index (χ2v) is 5.59. The predicted molar refractivity (Wildman–Crippen MR) is 84.0 cm³/mol. The van der Waals surface area contributed by atoms with E-state index in [9.17, 15) is 14.7 Å². The van der Waals surface area contributed by atoms with Crippen molar-refractivity contribution in [1.29, 1.82) is 0 Å². The minimum Gasteiger partial charge on any atom is -0.479 e. The number of rotatable bonds is 6. The average molecular weight is 338 g/mol. The molecule has 23 heavy (non-hydrogen) atoms. The molecule has 1 heterocycles. The molecule has 122 valence electrons. The Bertz CT molecular complexity index is 731. The molecule has 0 radical (unpaired) electrons. The molecular formula is C15H16ClN3O4. The lowest BCUT2D eigenvalue weighted by Crippen LogP contribution is -2.55. The Balaban J connectivity index is 2.20. The minimum atomic E-state index is -1.54. The van der Waals surface area contributed by atoms with Gasteiger partial charge in [-0.15, -0.1) is 0 Å². The maximum Gasteiger partial charge on any atom is 0.331 e. The zero-order chi connectivity index (χ0) is 17.0. The van der Waals surface area contributed by atoms with Gasteiger partial charge in [0.05, 0.1) is 12.3 Å². The number of aromatic nitrogens is 2. The van der Waals surface area contributed by atoms with Gasteiger partial charge >= 0.3 is 5.97 Å². The lowest BCUT2D eigenvalue weighted by molar-refractivity contribution is -0.145. The highest BCUT2D eigenvalue weighted by molar-refractivity contribution is 6.30. The van der Waals surface area contributed by atoms with Crippen LogP contribution in [0, 0.1) is 0 Å². The average Bonchev–Trinajstić information content (AvgIpc) is 2.97. The van der Waals surface area contributed by atoms with Crippen LogP contribution >= 0.6 is 11.6 Å². The molecule has 1 unspecified atom stereocenters. The van der Waals surface area contributed by atoms with Crippen LogP contribution in [0.5, 0.6) is 0 Å². The van der Waals surface area contributed by atoms with Crippen LogP contribution in [0.1, 0.15) is 17.4 Å². The van der Waals surface area contributed by atoms with Crippen molar-refractivity contribution in [3.05, 3.63) is 47.2 Å². The Morgan fingerprint density at radius 1 is 1.43 bits per heavy atom. The quantitative estimate of drug-likeness (QED) is 0.837. The topological polar surface area (TPSA) is 93.5 Å². The van der Waals surface area contributed by atoms with Crippen molar-refractivity contribution in [2.24, 2.45) is 0 Å². The largest absolute Gasteiger partial charge is 0.479 e. The van der Waals surface area contributed by atoms with Crippen LogP contribution in [0.25, 0.3) is 5.69 Å². The standard InChI is InChI=1S/C15H16ClN3O4/c1-15(9-23-2,14(21)22)17-13(20)12-6-7-19(18-12)11-5-3-4-10(16)8-11/h3-8H,9H2,1-2H3,(H,17,20)(H,21,22). The van der Waals surface area contributed by atoms with Crippen molar-refractivity contribution in [2.45, 2.75) is 12.5 Å². The van der Waals surface area contributed by atoms with Crippen LogP contribution in [-0.2, 0) is 9.53 Å². The van der Waals surface area contributed by atoms with Crippen LogP contribution in [0.4, 0.5) is 0 Å². The van der Waals surface area contributed by atoms with E-state index >= 15 is 0 Å². The zero-order valence-electron chi connectivity index (χ0n) is 12.6. The first-order valence-corrected chi connectivity index (χ1v) is 7.10. The summed E-state index contributed by atoms with van der Waals surface area (Å²) in [5.74, 6) is -1.80. The molecule has 0 saturated heterocycles.